The summed E-state index contributed by atoms with van der Waals surface area (Å²) >= 11 is 3.56. The Hall–Kier alpha value is -2.97. The number of hydrogen-bond donors (Lipinski definition) is 0. The zero-order valence-electron chi connectivity index (χ0n) is 27.4. The maximum Gasteiger partial charge on any atom is 0.141 e. The number of anilines is 1. The maximum atomic E-state index is 6.08. The van der Waals surface area contributed by atoms with Crippen molar-refractivity contribution in [2.75, 3.05) is 70.5 Å². The second-order valence-corrected chi connectivity index (χ2v) is 13.0. The van der Waals surface area contributed by atoms with Gasteiger partial charge in [0.15, 0.2) is 0 Å². The minimum Gasteiger partial charge on any atom is -0.485 e. The van der Waals surface area contributed by atoms with Gasteiger partial charge in [0.25, 0.3) is 0 Å². The van der Waals surface area contributed by atoms with E-state index in [0.717, 1.165) is 75.5 Å². The zero-order valence-corrected chi connectivity index (χ0v) is 29.0. The molecule has 0 N–H and O–H groups in total. The standard InChI is InChI=1S/C36H44BrN5O.C2H6/c1-29-36(8-5-16-38-29)32(26-40-20-22-41(23-21-40)34-11-9-33(37)10-12-34)24-31-25-42(28-43-27-31)35-14-18-39(19-15-35)17-13-30-6-3-2-4-7-30;1-2/h2-12,16,24,27,35H,13-15,17-23,25-26,28H2,1H3;1-2H3/b32-24-;. The van der Waals surface area contributed by atoms with Crippen molar-refractivity contribution in [2.45, 2.75) is 46.1 Å². The lowest BCUT2D eigenvalue weighted by Gasteiger charge is -2.39. The summed E-state index contributed by atoms with van der Waals surface area (Å²) in [5.41, 5.74) is 7.64. The highest BCUT2D eigenvalue weighted by molar-refractivity contribution is 9.10. The summed E-state index contributed by atoms with van der Waals surface area (Å²) in [7, 11) is 0. The molecule has 6 nitrogen and oxygen atoms in total. The van der Waals surface area contributed by atoms with Gasteiger partial charge >= 0.3 is 0 Å². The van der Waals surface area contributed by atoms with Crippen molar-refractivity contribution >= 4 is 27.2 Å². The summed E-state index contributed by atoms with van der Waals surface area (Å²) in [6.07, 6.45) is 9.80. The maximum absolute atomic E-state index is 6.08. The van der Waals surface area contributed by atoms with Crippen molar-refractivity contribution in [2.24, 2.45) is 0 Å². The highest BCUT2D eigenvalue weighted by Gasteiger charge is 2.27. The van der Waals surface area contributed by atoms with Gasteiger partial charge in [0.1, 0.15) is 6.73 Å². The molecule has 0 amide bonds. The minimum absolute atomic E-state index is 0.570. The van der Waals surface area contributed by atoms with E-state index >= 15 is 0 Å². The zero-order chi connectivity index (χ0) is 31.4. The SMILES string of the molecule is CC.Cc1ncccc1/C(=C\C1=COCN(C2CCN(CCc3ccccc3)CC2)C1)CN1CCN(c2ccc(Br)cc2)CC1. The number of halogens is 1. The highest BCUT2D eigenvalue weighted by atomic mass is 79.9. The fraction of sp³-hybridized carbons (Fsp3) is 0.447. The van der Waals surface area contributed by atoms with Crippen LogP contribution in [0.2, 0.25) is 0 Å². The number of piperazine rings is 1. The van der Waals surface area contributed by atoms with E-state index in [4.69, 9.17) is 4.74 Å². The van der Waals surface area contributed by atoms with Crippen molar-refractivity contribution in [1.29, 1.82) is 0 Å². The molecule has 0 bridgehead atoms. The van der Waals surface area contributed by atoms with E-state index in [-0.39, 0.29) is 0 Å². The van der Waals surface area contributed by atoms with Gasteiger partial charge in [-0.15, -0.1) is 0 Å². The van der Waals surface area contributed by atoms with E-state index in [9.17, 15) is 0 Å². The number of piperidine rings is 1. The summed E-state index contributed by atoms with van der Waals surface area (Å²) < 4.78 is 7.20. The number of rotatable bonds is 9. The Balaban J connectivity index is 0.00000196. The van der Waals surface area contributed by atoms with Crippen LogP contribution >= 0.6 is 15.9 Å². The van der Waals surface area contributed by atoms with Crippen LogP contribution < -0.4 is 4.90 Å². The fourth-order valence-corrected chi connectivity index (χ4v) is 6.89. The van der Waals surface area contributed by atoms with E-state index < -0.39 is 0 Å². The van der Waals surface area contributed by atoms with Crippen molar-refractivity contribution in [3.63, 3.8) is 0 Å². The fourth-order valence-electron chi connectivity index (χ4n) is 6.62. The van der Waals surface area contributed by atoms with Gasteiger partial charge in [0.2, 0.25) is 0 Å². The quantitative estimate of drug-likeness (QED) is 0.238. The summed E-state index contributed by atoms with van der Waals surface area (Å²) in [4.78, 5) is 14.9. The second kappa shape index (κ2) is 17.1. The van der Waals surface area contributed by atoms with Crippen molar-refractivity contribution in [3.8, 4) is 0 Å². The molecule has 45 heavy (non-hydrogen) atoms. The number of hydrogen-bond acceptors (Lipinski definition) is 6. The number of aryl methyl sites for hydroxylation is 1. The van der Waals surface area contributed by atoms with Crippen LogP contribution in [-0.2, 0) is 11.2 Å². The molecule has 2 fully saturated rings. The molecule has 0 atom stereocenters. The van der Waals surface area contributed by atoms with Crippen LogP contribution in [0.4, 0.5) is 5.69 Å². The third-order valence-electron chi connectivity index (χ3n) is 9.16. The Morgan fingerprint density at radius 2 is 1.62 bits per heavy atom. The van der Waals surface area contributed by atoms with E-state index in [1.54, 1.807) is 0 Å². The van der Waals surface area contributed by atoms with Crippen LogP contribution in [0.15, 0.2) is 95.3 Å². The lowest BCUT2D eigenvalue weighted by molar-refractivity contribution is 0.0204. The van der Waals surface area contributed by atoms with Gasteiger partial charge in [0, 0.05) is 85.0 Å². The molecule has 0 unspecified atom stereocenters. The predicted molar refractivity (Wildman–Crippen MR) is 191 cm³/mol. The van der Waals surface area contributed by atoms with Gasteiger partial charge in [-0.1, -0.05) is 66.2 Å². The summed E-state index contributed by atoms with van der Waals surface area (Å²) in [5.74, 6) is 0. The number of aromatic nitrogens is 1. The number of nitrogens with zero attached hydrogens (tertiary/aromatic N) is 5. The third-order valence-corrected chi connectivity index (χ3v) is 9.69. The average Bonchev–Trinajstić information content (AvgIpc) is 3.10. The Morgan fingerprint density at radius 1 is 0.889 bits per heavy atom. The molecule has 4 heterocycles. The number of likely N-dealkylation sites (tertiary alicyclic amines) is 1. The number of ether oxygens (including phenoxy) is 1. The molecule has 6 rings (SSSR count). The Morgan fingerprint density at radius 3 is 2.33 bits per heavy atom. The highest BCUT2D eigenvalue weighted by Crippen LogP contribution is 2.26. The lowest BCUT2D eigenvalue weighted by Crippen LogP contribution is -2.47. The number of benzene rings is 2. The minimum atomic E-state index is 0.570. The molecule has 3 aromatic rings. The van der Waals surface area contributed by atoms with E-state index in [1.807, 2.05) is 26.3 Å². The summed E-state index contributed by atoms with van der Waals surface area (Å²) in [5, 5.41) is 0. The molecular formula is C38H50BrN5O. The molecule has 240 valence electrons. The van der Waals surface area contributed by atoms with E-state index in [2.05, 4.69) is 120 Å². The predicted octanol–water partition coefficient (Wildman–Crippen LogP) is 7.27. The van der Waals surface area contributed by atoms with Crippen LogP contribution in [0.25, 0.3) is 5.57 Å². The molecule has 2 aromatic carbocycles. The summed E-state index contributed by atoms with van der Waals surface area (Å²) in [6, 6.07) is 24.4. The van der Waals surface area contributed by atoms with Crippen LogP contribution in [0, 0.1) is 6.92 Å². The first-order valence-corrected chi connectivity index (χ1v) is 17.6. The first-order chi connectivity index (χ1) is 22.1. The van der Waals surface area contributed by atoms with Crippen molar-refractivity contribution < 1.29 is 4.74 Å². The van der Waals surface area contributed by atoms with Gasteiger partial charge in [0.05, 0.1) is 6.26 Å². The Labute approximate surface area is 279 Å². The lowest BCUT2D eigenvalue weighted by atomic mass is 9.99. The number of pyridine rings is 1. The van der Waals surface area contributed by atoms with Gasteiger partial charge < -0.3 is 14.5 Å². The molecule has 0 saturated carbocycles. The normalized spacial score (nSPS) is 19.0. The van der Waals surface area contributed by atoms with Crippen molar-refractivity contribution in [3.05, 3.63) is 112 Å². The van der Waals surface area contributed by atoms with E-state index in [0.29, 0.717) is 12.8 Å². The van der Waals surface area contributed by atoms with Gasteiger partial charge in [-0.3, -0.25) is 14.8 Å². The molecule has 0 radical (unpaired) electrons. The third kappa shape index (κ3) is 9.52. The van der Waals surface area contributed by atoms with Crippen LogP contribution in [0.5, 0.6) is 0 Å². The topological polar surface area (TPSA) is 35.1 Å². The molecule has 1 aromatic heterocycles. The van der Waals surface area contributed by atoms with Crippen molar-refractivity contribution in [1.82, 2.24) is 19.7 Å². The molecule has 0 spiro atoms. The monoisotopic (exact) mass is 671 g/mol. The van der Waals surface area contributed by atoms with Crippen LogP contribution in [0.1, 0.15) is 43.5 Å². The molecule has 7 heteroatoms. The van der Waals surface area contributed by atoms with Crippen LogP contribution in [-0.4, -0.2) is 91.4 Å². The van der Waals surface area contributed by atoms with Crippen LogP contribution in [0.3, 0.4) is 0 Å². The second-order valence-electron chi connectivity index (χ2n) is 12.1. The Kier molecular flexibility index (Phi) is 12.7. The Bertz CT molecular complexity index is 1380. The molecule has 3 aliphatic rings. The molecule has 2 saturated heterocycles. The molecular weight excluding hydrogens is 622 g/mol. The average molecular weight is 673 g/mol. The summed E-state index contributed by atoms with van der Waals surface area (Å²) in [6.45, 7) is 16.3. The van der Waals surface area contributed by atoms with Gasteiger partial charge in [-0.25, -0.2) is 0 Å². The smallest absolute Gasteiger partial charge is 0.141 e. The van der Waals surface area contributed by atoms with Gasteiger partial charge in [-0.05, 0) is 86.8 Å². The first kappa shape index (κ1) is 33.4. The first-order valence-electron chi connectivity index (χ1n) is 16.8. The molecule has 3 aliphatic heterocycles. The van der Waals surface area contributed by atoms with Gasteiger partial charge in [-0.2, -0.15) is 0 Å². The van der Waals surface area contributed by atoms with E-state index in [1.165, 1.54) is 40.8 Å². The largest absolute Gasteiger partial charge is 0.485 e. The molecule has 0 aliphatic carbocycles.